The Morgan fingerprint density at radius 1 is 1.15 bits per heavy atom. The normalized spacial score (nSPS) is 20.4. The van der Waals surface area contributed by atoms with Gasteiger partial charge in [0.25, 0.3) is 0 Å². The van der Waals surface area contributed by atoms with Gasteiger partial charge in [-0.05, 0) is 55.2 Å². The summed E-state index contributed by atoms with van der Waals surface area (Å²) in [5.41, 5.74) is 1.09. The standard InChI is InChI=1S/C22H32N2O3/c1-15(2)22(17-6-9-19-20(12-17)27-11-3-10-26-19)23-21(25)14-24(18-7-8-18)13-16-4-5-16/h6,9,12,15-16,18,22H,3-5,7-8,10-11,13-14H2,1-2H3,(H,23,25). The zero-order valence-electron chi connectivity index (χ0n) is 16.6. The van der Waals surface area contributed by atoms with E-state index in [1.54, 1.807) is 0 Å². The Morgan fingerprint density at radius 2 is 1.89 bits per heavy atom. The Morgan fingerprint density at radius 3 is 2.56 bits per heavy atom. The second-order valence-corrected chi connectivity index (χ2v) is 8.65. The highest BCUT2D eigenvalue weighted by molar-refractivity contribution is 5.78. The third-order valence-electron chi connectivity index (χ3n) is 5.71. The summed E-state index contributed by atoms with van der Waals surface area (Å²) in [4.78, 5) is 15.2. The van der Waals surface area contributed by atoms with Gasteiger partial charge >= 0.3 is 0 Å². The number of carbonyl (C=O) groups is 1. The maximum absolute atomic E-state index is 12.8. The van der Waals surface area contributed by atoms with E-state index in [1.807, 2.05) is 12.1 Å². The largest absolute Gasteiger partial charge is 0.490 e. The number of hydrogen-bond donors (Lipinski definition) is 1. The number of rotatable bonds is 8. The Labute approximate surface area is 162 Å². The van der Waals surface area contributed by atoms with Crippen LogP contribution in [0, 0.1) is 11.8 Å². The summed E-state index contributed by atoms with van der Waals surface area (Å²) in [6.45, 7) is 7.28. The molecule has 5 heteroatoms. The molecule has 1 aromatic carbocycles. The van der Waals surface area contributed by atoms with E-state index in [0.29, 0.717) is 31.7 Å². The van der Waals surface area contributed by atoms with E-state index in [-0.39, 0.29) is 11.9 Å². The molecule has 3 aliphatic rings. The predicted molar refractivity (Wildman–Crippen MR) is 105 cm³/mol. The second-order valence-electron chi connectivity index (χ2n) is 8.65. The van der Waals surface area contributed by atoms with Crippen molar-refractivity contribution in [1.82, 2.24) is 10.2 Å². The molecular formula is C22H32N2O3. The van der Waals surface area contributed by atoms with Crippen molar-refractivity contribution in [2.45, 2.75) is 58.0 Å². The summed E-state index contributed by atoms with van der Waals surface area (Å²) >= 11 is 0. The maximum atomic E-state index is 12.8. The first kappa shape index (κ1) is 18.6. The van der Waals surface area contributed by atoms with Crippen molar-refractivity contribution >= 4 is 5.91 Å². The van der Waals surface area contributed by atoms with Crippen LogP contribution >= 0.6 is 0 Å². The van der Waals surface area contributed by atoms with Crippen molar-refractivity contribution in [3.63, 3.8) is 0 Å². The van der Waals surface area contributed by atoms with Crippen LogP contribution in [0.1, 0.15) is 57.6 Å². The number of ether oxygens (including phenoxy) is 2. The van der Waals surface area contributed by atoms with Crippen LogP contribution in [0.2, 0.25) is 0 Å². The van der Waals surface area contributed by atoms with Crippen molar-refractivity contribution < 1.29 is 14.3 Å². The van der Waals surface area contributed by atoms with E-state index in [0.717, 1.165) is 35.9 Å². The molecule has 1 amide bonds. The fourth-order valence-corrected chi connectivity index (χ4v) is 3.83. The minimum Gasteiger partial charge on any atom is -0.490 e. The average molecular weight is 373 g/mol. The van der Waals surface area contributed by atoms with Crippen LogP contribution in [0.3, 0.4) is 0 Å². The molecule has 4 rings (SSSR count). The minimum atomic E-state index is -0.0170. The lowest BCUT2D eigenvalue weighted by atomic mass is 9.95. The molecule has 5 nitrogen and oxygen atoms in total. The first-order valence-corrected chi connectivity index (χ1v) is 10.5. The van der Waals surface area contributed by atoms with Gasteiger partial charge in [0.05, 0.1) is 25.8 Å². The fourth-order valence-electron chi connectivity index (χ4n) is 3.83. The zero-order valence-corrected chi connectivity index (χ0v) is 16.6. The summed E-state index contributed by atoms with van der Waals surface area (Å²) in [5, 5.41) is 3.28. The molecule has 0 radical (unpaired) electrons. The van der Waals surface area contributed by atoms with Crippen molar-refractivity contribution in [3.8, 4) is 11.5 Å². The molecule has 1 aromatic rings. The van der Waals surface area contributed by atoms with Gasteiger partial charge in [-0.2, -0.15) is 0 Å². The van der Waals surface area contributed by atoms with Crippen LogP contribution in [0.5, 0.6) is 11.5 Å². The average Bonchev–Trinajstić information content (AvgIpc) is 3.51. The van der Waals surface area contributed by atoms with Crippen molar-refractivity contribution in [1.29, 1.82) is 0 Å². The Bertz CT molecular complexity index is 668. The topological polar surface area (TPSA) is 50.8 Å². The Balaban J connectivity index is 1.42. The van der Waals surface area contributed by atoms with Gasteiger partial charge in [0, 0.05) is 19.0 Å². The molecule has 1 N–H and O–H groups in total. The van der Waals surface area contributed by atoms with Crippen molar-refractivity contribution in [2.75, 3.05) is 26.3 Å². The quantitative estimate of drug-likeness (QED) is 0.758. The number of fused-ring (bicyclic) bond motifs is 1. The number of benzene rings is 1. The summed E-state index contributed by atoms with van der Waals surface area (Å²) in [6, 6.07) is 6.68. The highest BCUT2D eigenvalue weighted by Crippen LogP contribution is 2.36. The van der Waals surface area contributed by atoms with E-state index < -0.39 is 0 Å². The summed E-state index contributed by atoms with van der Waals surface area (Å²) in [7, 11) is 0. The van der Waals surface area contributed by atoms with Gasteiger partial charge in [-0.3, -0.25) is 9.69 Å². The summed E-state index contributed by atoms with van der Waals surface area (Å²) in [5.74, 6) is 2.85. The first-order chi connectivity index (χ1) is 13.1. The molecule has 2 aliphatic carbocycles. The molecule has 2 saturated carbocycles. The Kier molecular flexibility index (Phi) is 5.58. The van der Waals surface area contributed by atoms with Gasteiger partial charge in [-0.1, -0.05) is 19.9 Å². The number of carbonyl (C=O) groups excluding carboxylic acids is 1. The number of nitrogens with zero attached hydrogens (tertiary/aromatic N) is 1. The fraction of sp³-hybridized carbons (Fsp3) is 0.682. The lowest BCUT2D eigenvalue weighted by molar-refractivity contribution is -0.123. The van der Waals surface area contributed by atoms with Crippen LogP contribution in [0.4, 0.5) is 0 Å². The molecule has 0 saturated heterocycles. The molecular weight excluding hydrogens is 340 g/mol. The molecule has 27 heavy (non-hydrogen) atoms. The summed E-state index contributed by atoms with van der Waals surface area (Å²) in [6.07, 6.45) is 6.05. The van der Waals surface area contributed by atoms with Crippen LogP contribution in [-0.2, 0) is 4.79 Å². The number of nitrogens with one attached hydrogen (secondary N) is 1. The molecule has 1 heterocycles. The second kappa shape index (κ2) is 8.09. The third-order valence-corrected chi connectivity index (χ3v) is 5.71. The van der Waals surface area contributed by atoms with Gasteiger partial charge in [0.1, 0.15) is 0 Å². The molecule has 2 fully saturated rings. The van der Waals surface area contributed by atoms with Crippen molar-refractivity contribution in [2.24, 2.45) is 11.8 Å². The third kappa shape index (κ3) is 4.95. The van der Waals surface area contributed by atoms with E-state index in [9.17, 15) is 4.79 Å². The van der Waals surface area contributed by atoms with E-state index in [2.05, 4.69) is 30.1 Å². The first-order valence-electron chi connectivity index (χ1n) is 10.5. The van der Waals surface area contributed by atoms with Gasteiger partial charge in [-0.15, -0.1) is 0 Å². The smallest absolute Gasteiger partial charge is 0.234 e. The lowest BCUT2D eigenvalue weighted by Gasteiger charge is -2.26. The van der Waals surface area contributed by atoms with Crippen LogP contribution < -0.4 is 14.8 Å². The van der Waals surface area contributed by atoms with Crippen molar-refractivity contribution in [3.05, 3.63) is 23.8 Å². The van der Waals surface area contributed by atoms with Gasteiger partial charge in [0.2, 0.25) is 5.91 Å². The maximum Gasteiger partial charge on any atom is 0.234 e. The molecule has 148 valence electrons. The minimum absolute atomic E-state index is 0.0170. The number of amides is 1. The van der Waals surface area contributed by atoms with E-state index in [1.165, 1.54) is 25.7 Å². The molecule has 1 atom stereocenters. The Hall–Kier alpha value is -1.75. The van der Waals surface area contributed by atoms with E-state index in [4.69, 9.17) is 9.47 Å². The zero-order chi connectivity index (χ0) is 18.8. The molecule has 0 aromatic heterocycles. The van der Waals surface area contributed by atoms with E-state index >= 15 is 0 Å². The molecule has 1 aliphatic heterocycles. The highest BCUT2D eigenvalue weighted by Gasteiger charge is 2.35. The monoisotopic (exact) mass is 372 g/mol. The van der Waals surface area contributed by atoms with Crippen LogP contribution in [0.15, 0.2) is 18.2 Å². The van der Waals surface area contributed by atoms with Gasteiger partial charge in [-0.25, -0.2) is 0 Å². The summed E-state index contributed by atoms with van der Waals surface area (Å²) < 4.78 is 11.6. The molecule has 0 bridgehead atoms. The predicted octanol–water partition coefficient (Wildman–Crippen LogP) is 3.54. The molecule has 1 unspecified atom stereocenters. The van der Waals surface area contributed by atoms with Gasteiger partial charge in [0.15, 0.2) is 11.5 Å². The number of hydrogen-bond acceptors (Lipinski definition) is 4. The highest BCUT2D eigenvalue weighted by atomic mass is 16.5. The lowest BCUT2D eigenvalue weighted by Crippen LogP contribution is -2.41. The van der Waals surface area contributed by atoms with Crippen LogP contribution in [-0.4, -0.2) is 43.2 Å². The van der Waals surface area contributed by atoms with Gasteiger partial charge < -0.3 is 14.8 Å². The SMILES string of the molecule is CC(C)C(NC(=O)CN(CC1CC1)C1CC1)c1ccc2c(c1)OCCCO2. The molecule has 0 spiro atoms. The van der Waals surface area contributed by atoms with Crippen LogP contribution in [0.25, 0.3) is 0 Å².